The molecule has 0 radical (unpaired) electrons. The number of nitrogens with one attached hydrogen (secondary N) is 1. The van der Waals surface area contributed by atoms with E-state index in [0.717, 1.165) is 11.3 Å². The van der Waals surface area contributed by atoms with E-state index < -0.39 is 0 Å². The summed E-state index contributed by atoms with van der Waals surface area (Å²) in [7, 11) is 0. The van der Waals surface area contributed by atoms with E-state index in [1.165, 1.54) is 15.4 Å². The summed E-state index contributed by atoms with van der Waals surface area (Å²) in [4.78, 5) is 27.1. The molecule has 1 aliphatic rings. The molecule has 0 fully saturated rings. The third kappa shape index (κ3) is 3.94. The van der Waals surface area contributed by atoms with Crippen molar-refractivity contribution >= 4 is 29.3 Å². The van der Waals surface area contributed by atoms with Crippen LogP contribution in [-0.4, -0.2) is 35.6 Å². The topological polar surface area (TPSA) is 49.4 Å². The zero-order chi connectivity index (χ0) is 17.8. The SMILES string of the molecule is C=C1c2ccccc2C(=O)N1CC(=O)NCCSc1ccc(C)cc1. The average molecular weight is 352 g/mol. The number of hydrogen-bond acceptors (Lipinski definition) is 3. The number of benzene rings is 2. The fourth-order valence-corrected chi connectivity index (χ4v) is 3.46. The van der Waals surface area contributed by atoms with Crippen LogP contribution in [0.15, 0.2) is 60.0 Å². The summed E-state index contributed by atoms with van der Waals surface area (Å²) < 4.78 is 0. The Hall–Kier alpha value is -2.53. The van der Waals surface area contributed by atoms with Crippen LogP contribution in [-0.2, 0) is 4.79 Å². The number of rotatable bonds is 6. The van der Waals surface area contributed by atoms with Crippen molar-refractivity contribution in [3.05, 3.63) is 71.8 Å². The average Bonchev–Trinajstić information content (AvgIpc) is 2.86. The molecule has 1 N–H and O–H groups in total. The molecule has 2 aromatic rings. The van der Waals surface area contributed by atoms with Crippen LogP contribution in [0.1, 0.15) is 21.5 Å². The molecule has 0 aliphatic carbocycles. The summed E-state index contributed by atoms with van der Waals surface area (Å²) in [5, 5.41) is 2.86. The third-order valence-electron chi connectivity index (χ3n) is 4.06. The van der Waals surface area contributed by atoms with Crippen LogP contribution < -0.4 is 5.32 Å². The maximum absolute atomic E-state index is 12.4. The van der Waals surface area contributed by atoms with Gasteiger partial charge in [-0.3, -0.25) is 14.5 Å². The first-order valence-corrected chi connectivity index (χ1v) is 9.11. The highest BCUT2D eigenvalue weighted by atomic mass is 32.2. The zero-order valence-electron chi connectivity index (χ0n) is 14.1. The van der Waals surface area contributed by atoms with E-state index in [9.17, 15) is 9.59 Å². The molecular formula is C20H20N2O2S. The van der Waals surface area contributed by atoms with E-state index in [0.29, 0.717) is 17.8 Å². The predicted octanol–water partition coefficient (Wildman–Crippen LogP) is 3.33. The van der Waals surface area contributed by atoms with Gasteiger partial charge in [0.05, 0.1) is 0 Å². The first-order chi connectivity index (χ1) is 12.1. The molecule has 0 spiro atoms. The van der Waals surface area contributed by atoms with Crippen molar-refractivity contribution in [1.82, 2.24) is 10.2 Å². The van der Waals surface area contributed by atoms with Gasteiger partial charge in [0.1, 0.15) is 6.54 Å². The van der Waals surface area contributed by atoms with E-state index in [2.05, 4.69) is 43.1 Å². The Balaban J connectivity index is 1.46. The van der Waals surface area contributed by atoms with Crippen molar-refractivity contribution in [2.75, 3.05) is 18.8 Å². The first kappa shape index (κ1) is 17.3. The lowest BCUT2D eigenvalue weighted by Gasteiger charge is -2.16. The normalized spacial score (nSPS) is 13.1. The van der Waals surface area contributed by atoms with Crippen molar-refractivity contribution in [2.24, 2.45) is 0 Å². The van der Waals surface area contributed by atoms with Crippen LogP contribution in [0.3, 0.4) is 0 Å². The lowest BCUT2D eigenvalue weighted by Crippen LogP contribution is -2.37. The number of carbonyl (C=O) groups excluding carboxylic acids is 2. The number of amides is 2. The molecule has 0 atom stereocenters. The summed E-state index contributed by atoms with van der Waals surface area (Å²) in [5.41, 5.74) is 3.23. The molecule has 2 amide bonds. The molecule has 1 aliphatic heterocycles. The van der Waals surface area contributed by atoms with Crippen molar-refractivity contribution in [3.8, 4) is 0 Å². The summed E-state index contributed by atoms with van der Waals surface area (Å²) in [6.45, 7) is 6.56. The number of aryl methyl sites for hydroxylation is 1. The number of carbonyl (C=O) groups is 2. The van der Waals surface area contributed by atoms with Gasteiger partial charge in [0, 0.05) is 34.0 Å². The Morgan fingerprint density at radius 3 is 2.48 bits per heavy atom. The molecule has 128 valence electrons. The van der Waals surface area contributed by atoms with Crippen LogP contribution >= 0.6 is 11.8 Å². The second kappa shape index (κ2) is 7.57. The Bertz CT molecular complexity index is 780. The molecule has 1 heterocycles. The Morgan fingerprint density at radius 1 is 1.12 bits per heavy atom. The van der Waals surface area contributed by atoms with Gasteiger partial charge in [-0.25, -0.2) is 0 Å². The highest BCUT2D eigenvalue weighted by Crippen LogP contribution is 2.30. The van der Waals surface area contributed by atoms with Crippen molar-refractivity contribution < 1.29 is 9.59 Å². The highest BCUT2D eigenvalue weighted by molar-refractivity contribution is 7.99. The van der Waals surface area contributed by atoms with E-state index in [1.54, 1.807) is 17.8 Å². The van der Waals surface area contributed by atoms with Crippen molar-refractivity contribution in [3.63, 3.8) is 0 Å². The molecule has 0 saturated heterocycles. The largest absolute Gasteiger partial charge is 0.354 e. The number of fused-ring (bicyclic) bond motifs is 1. The molecule has 4 nitrogen and oxygen atoms in total. The minimum absolute atomic E-state index is 0.00153. The summed E-state index contributed by atoms with van der Waals surface area (Å²) >= 11 is 1.69. The van der Waals surface area contributed by atoms with Crippen LogP contribution in [0.4, 0.5) is 0 Å². The highest BCUT2D eigenvalue weighted by Gasteiger charge is 2.31. The molecule has 3 rings (SSSR count). The second-order valence-electron chi connectivity index (χ2n) is 5.90. The number of thioether (sulfide) groups is 1. The number of nitrogens with zero attached hydrogens (tertiary/aromatic N) is 1. The molecule has 0 saturated carbocycles. The fourth-order valence-electron chi connectivity index (χ4n) is 2.70. The van der Waals surface area contributed by atoms with Crippen molar-refractivity contribution in [2.45, 2.75) is 11.8 Å². The standard InChI is InChI=1S/C20H20N2O2S/c1-14-7-9-16(10-8-14)25-12-11-21-19(23)13-22-15(2)17-5-3-4-6-18(17)20(22)24/h3-10H,2,11-13H2,1H3,(H,21,23). The van der Waals surface area contributed by atoms with Crippen LogP contribution in [0, 0.1) is 6.92 Å². The summed E-state index contributed by atoms with van der Waals surface area (Å²) in [6, 6.07) is 15.6. The maximum Gasteiger partial charge on any atom is 0.259 e. The molecule has 25 heavy (non-hydrogen) atoms. The summed E-state index contributed by atoms with van der Waals surface area (Å²) in [6.07, 6.45) is 0. The van der Waals surface area contributed by atoms with Crippen LogP contribution in [0.25, 0.3) is 5.70 Å². The van der Waals surface area contributed by atoms with Gasteiger partial charge in [-0.2, -0.15) is 0 Å². The van der Waals surface area contributed by atoms with Gasteiger partial charge in [-0.05, 0) is 25.1 Å². The van der Waals surface area contributed by atoms with Crippen LogP contribution in [0.5, 0.6) is 0 Å². The van der Waals surface area contributed by atoms with Crippen molar-refractivity contribution in [1.29, 1.82) is 0 Å². The Kier molecular flexibility index (Phi) is 5.24. The molecule has 5 heteroatoms. The lowest BCUT2D eigenvalue weighted by atomic mass is 10.1. The van der Waals surface area contributed by atoms with Gasteiger partial charge in [-0.15, -0.1) is 11.8 Å². The van der Waals surface area contributed by atoms with E-state index in [1.807, 2.05) is 18.2 Å². The minimum Gasteiger partial charge on any atom is -0.354 e. The maximum atomic E-state index is 12.4. The molecule has 2 aromatic carbocycles. The van der Waals surface area contributed by atoms with Gasteiger partial charge >= 0.3 is 0 Å². The Morgan fingerprint density at radius 2 is 1.80 bits per heavy atom. The Labute approximate surface area is 151 Å². The fraction of sp³-hybridized carbons (Fsp3) is 0.200. The van der Waals surface area contributed by atoms with Gasteiger partial charge in [0.25, 0.3) is 5.91 Å². The summed E-state index contributed by atoms with van der Waals surface area (Å²) in [5.74, 6) is 0.445. The molecular weight excluding hydrogens is 332 g/mol. The van der Waals surface area contributed by atoms with Gasteiger partial charge in [0.2, 0.25) is 5.91 Å². The predicted molar refractivity (Wildman–Crippen MR) is 101 cm³/mol. The van der Waals surface area contributed by atoms with E-state index >= 15 is 0 Å². The number of hydrogen-bond donors (Lipinski definition) is 1. The van der Waals surface area contributed by atoms with Gasteiger partial charge < -0.3 is 5.32 Å². The minimum atomic E-state index is -0.174. The lowest BCUT2D eigenvalue weighted by molar-refractivity contribution is -0.121. The zero-order valence-corrected chi connectivity index (χ0v) is 14.9. The molecule has 0 unspecified atom stereocenters. The third-order valence-corrected chi connectivity index (χ3v) is 5.07. The first-order valence-electron chi connectivity index (χ1n) is 8.12. The molecule has 0 aromatic heterocycles. The van der Waals surface area contributed by atoms with E-state index in [-0.39, 0.29) is 18.4 Å². The second-order valence-corrected chi connectivity index (χ2v) is 7.06. The van der Waals surface area contributed by atoms with Crippen LogP contribution in [0.2, 0.25) is 0 Å². The van der Waals surface area contributed by atoms with Gasteiger partial charge in [-0.1, -0.05) is 42.5 Å². The molecule has 0 bridgehead atoms. The monoisotopic (exact) mass is 352 g/mol. The quantitative estimate of drug-likeness (QED) is 0.641. The van der Waals surface area contributed by atoms with Gasteiger partial charge in [0.15, 0.2) is 0 Å². The van der Waals surface area contributed by atoms with E-state index in [4.69, 9.17) is 0 Å². The smallest absolute Gasteiger partial charge is 0.259 e.